The molecular weight excluding hydrogens is 254 g/mol. The van der Waals surface area contributed by atoms with Gasteiger partial charge in [-0.15, -0.1) is 0 Å². The Balaban J connectivity index is 1.47. The smallest absolute Gasteiger partial charge is 0.321 e. The summed E-state index contributed by atoms with van der Waals surface area (Å²) in [4.78, 5) is 16.4. The van der Waals surface area contributed by atoms with Crippen LogP contribution in [-0.4, -0.2) is 61.3 Å². The van der Waals surface area contributed by atoms with Gasteiger partial charge in [0.25, 0.3) is 0 Å². The summed E-state index contributed by atoms with van der Waals surface area (Å²) in [5.41, 5.74) is 2.05. The molecule has 0 atom stereocenters. The van der Waals surface area contributed by atoms with E-state index in [0.29, 0.717) is 6.04 Å². The monoisotopic (exact) mass is 275 g/mol. The molecule has 2 amide bonds. The predicted molar refractivity (Wildman–Crippen MR) is 78.0 cm³/mol. The molecule has 2 aliphatic rings. The van der Waals surface area contributed by atoms with Crippen molar-refractivity contribution in [3.8, 4) is 0 Å². The zero-order chi connectivity index (χ0) is 13.9. The van der Waals surface area contributed by atoms with Crippen molar-refractivity contribution in [1.29, 1.82) is 0 Å². The summed E-state index contributed by atoms with van der Waals surface area (Å²) in [7, 11) is 0. The quantitative estimate of drug-likeness (QED) is 0.890. The third-order valence-corrected chi connectivity index (χ3v) is 4.01. The molecule has 2 saturated heterocycles. The van der Waals surface area contributed by atoms with E-state index >= 15 is 0 Å². The molecule has 2 aliphatic heterocycles. The van der Waals surface area contributed by atoms with Crippen molar-refractivity contribution in [2.75, 3.05) is 44.7 Å². The van der Waals surface area contributed by atoms with Crippen LogP contribution in [0.2, 0.25) is 0 Å². The van der Waals surface area contributed by atoms with Crippen molar-refractivity contribution >= 4 is 11.7 Å². The first-order valence-corrected chi connectivity index (χ1v) is 7.17. The van der Waals surface area contributed by atoms with E-state index in [0.717, 1.165) is 45.1 Å². The number of hydrogen-bond donors (Lipinski definition) is 1. The van der Waals surface area contributed by atoms with Crippen LogP contribution in [0.5, 0.6) is 0 Å². The molecule has 0 bridgehead atoms. The highest BCUT2D eigenvalue weighted by Crippen LogP contribution is 2.18. The first-order chi connectivity index (χ1) is 9.72. The molecule has 0 aromatic heterocycles. The van der Waals surface area contributed by atoms with Crippen LogP contribution in [-0.2, 0) is 4.74 Å². The van der Waals surface area contributed by atoms with Crippen molar-refractivity contribution in [1.82, 2.24) is 9.80 Å². The summed E-state index contributed by atoms with van der Waals surface area (Å²) in [6.07, 6.45) is 0. The molecule has 0 unspecified atom stereocenters. The maximum absolute atomic E-state index is 12.1. The van der Waals surface area contributed by atoms with Crippen LogP contribution >= 0.6 is 0 Å². The number of ether oxygens (including phenoxy) is 1. The number of likely N-dealkylation sites (tertiary alicyclic amines) is 1. The molecule has 0 radical (unpaired) electrons. The molecule has 2 fully saturated rings. The lowest BCUT2D eigenvalue weighted by Crippen LogP contribution is -2.63. The third kappa shape index (κ3) is 2.94. The van der Waals surface area contributed by atoms with Crippen LogP contribution in [0.15, 0.2) is 24.3 Å². The topological polar surface area (TPSA) is 44.8 Å². The second-order valence-corrected chi connectivity index (χ2v) is 5.50. The number of benzene rings is 1. The zero-order valence-corrected chi connectivity index (χ0v) is 11.8. The third-order valence-electron chi connectivity index (χ3n) is 4.01. The number of urea groups is 1. The standard InChI is InChI=1S/C15H21N3O2/c1-12-2-4-13(5-3-12)16-15(19)18-10-14(11-18)17-6-8-20-9-7-17/h2-5,14H,6-11H2,1H3,(H,16,19). The van der Waals surface area contributed by atoms with Gasteiger partial charge in [0.15, 0.2) is 0 Å². The Labute approximate surface area is 119 Å². The number of carbonyl (C=O) groups is 1. The highest BCUT2D eigenvalue weighted by atomic mass is 16.5. The fraction of sp³-hybridized carbons (Fsp3) is 0.533. The highest BCUT2D eigenvalue weighted by molar-refractivity contribution is 5.89. The predicted octanol–water partition coefficient (Wildman–Crippen LogP) is 1.54. The lowest BCUT2D eigenvalue weighted by Gasteiger charge is -2.46. The number of hydrogen-bond acceptors (Lipinski definition) is 3. The zero-order valence-electron chi connectivity index (χ0n) is 11.8. The number of morpholine rings is 1. The van der Waals surface area contributed by atoms with Crippen LogP contribution < -0.4 is 5.32 Å². The Morgan fingerprint density at radius 2 is 1.85 bits per heavy atom. The molecule has 20 heavy (non-hydrogen) atoms. The van der Waals surface area contributed by atoms with Gasteiger partial charge in [0, 0.05) is 37.9 Å². The fourth-order valence-corrected chi connectivity index (χ4v) is 2.63. The number of rotatable bonds is 2. The summed E-state index contributed by atoms with van der Waals surface area (Å²) in [6.45, 7) is 7.26. The number of nitrogens with one attached hydrogen (secondary N) is 1. The van der Waals surface area contributed by atoms with Crippen LogP contribution in [0.3, 0.4) is 0 Å². The average molecular weight is 275 g/mol. The summed E-state index contributed by atoms with van der Waals surface area (Å²) in [5, 5.41) is 2.94. The minimum Gasteiger partial charge on any atom is -0.379 e. The number of nitrogens with zero attached hydrogens (tertiary/aromatic N) is 2. The SMILES string of the molecule is Cc1ccc(NC(=O)N2CC(N3CCOCC3)C2)cc1. The van der Waals surface area contributed by atoms with E-state index in [1.807, 2.05) is 36.1 Å². The molecule has 108 valence electrons. The molecule has 1 N–H and O–H groups in total. The van der Waals surface area contributed by atoms with Crippen molar-refractivity contribution in [3.05, 3.63) is 29.8 Å². The van der Waals surface area contributed by atoms with E-state index < -0.39 is 0 Å². The molecule has 1 aromatic carbocycles. The molecule has 0 spiro atoms. The molecule has 3 rings (SSSR count). The highest BCUT2D eigenvalue weighted by Gasteiger charge is 2.35. The molecular formula is C15H21N3O2. The fourth-order valence-electron chi connectivity index (χ4n) is 2.63. The maximum atomic E-state index is 12.1. The molecule has 1 aromatic rings. The summed E-state index contributed by atoms with van der Waals surface area (Å²) >= 11 is 0. The van der Waals surface area contributed by atoms with Gasteiger partial charge in [-0.05, 0) is 19.1 Å². The second-order valence-electron chi connectivity index (χ2n) is 5.50. The van der Waals surface area contributed by atoms with Crippen LogP contribution in [0.25, 0.3) is 0 Å². The Kier molecular flexibility index (Phi) is 3.89. The summed E-state index contributed by atoms with van der Waals surface area (Å²) < 4.78 is 5.35. The van der Waals surface area contributed by atoms with E-state index in [9.17, 15) is 4.79 Å². The van der Waals surface area contributed by atoms with E-state index in [2.05, 4.69) is 10.2 Å². The van der Waals surface area contributed by atoms with Gasteiger partial charge in [0.2, 0.25) is 0 Å². The number of carbonyl (C=O) groups excluding carboxylic acids is 1. The largest absolute Gasteiger partial charge is 0.379 e. The molecule has 0 aliphatic carbocycles. The van der Waals surface area contributed by atoms with Gasteiger partial charge in [-0.25, -0.2) is 4.79 Å². The maximum Gasteiger partial charge on any atom is 0.321 e. The van der Waals surface area contributed by atoms with Gasteiger partial charge in [-0.3, -0.25) is 4.90 Å². The Bertz CT molecular complexity index is 463. The van der Waals surface area contributed by atoms with Crippen molar-refractivity contribution in [3.63, 3.8) is 0 Å². The van der Waals surface area contributed by atoms with Gasteiger partial charge < -0.3 is 15.0 Å². The van der Waals surface area contributed by atoms with Crippen LogP contribution in [0, 0.1) is 6.92 Å². The first kappa shape index (κ1) is 13.4. The van der Waals surface area contributed by atoms with Crippen molar-refractivity contribution in [2.24, 2.45) is 0 Å². The first-order valence-electron chi connectivity index (χ1n) is 7.17. The van der Waals surface area contributed by atoms with E-state index in [-0.39, 0.29) is 6.03 Å². The number of anilines is 1. The normalized spacial score (nSPS) is 20.6. The minimum atomic E-state index is -0.00152. The number of aryl methyl sites for hydroxylation is 1. The molecule has 5 heteroatoms. The van der Waals surface area contributed by atoms with Crippen molar-refractivity contribution in [2.45, 2.75) is 13.0 Å². The van der Waals surface area contributed by atoms with Crippen molar-refractivity contribution < 1.29 is 9.53 Å². The van der Waals surface area contributed by atoms with Crippen LogP contribution in [0.4, 0.5) is 10.5 Å². The van der Waals surface area contributed by atoms with E-state index in [4.69, 9.17) is 4.74 Å². The Morgan fingerprint density at radius 1 is 1.20 bits per heavy atom. The summed E-state index contributed by atoms with van der Waals surface area (Å²) in [5.74, 6) is 0. The molecule has 5 nitrogen and oxygen atoms in total. The average Bonchev–Trinajstić information content (AvgIpc) is 2.41. The Morgan fingerprint density at radius 3 is 2.50 bits per heavy atom. The minimum absolute atomic E-state index is 0.00152. The molecule has 2 heterocycles. The van der Waals surface area contributed by atoms with E-state index in [1.165, 1.54) is 5.56 Å². The second kappa shape index (κ2) is 5.81. The van der Waals surface area contributed by atoms with Gasteiger partial charge in [-0.1, -0.05) is 17.7 Å². The number of amides is 2. The lowest BCUT2D eigenvalue weighted by molar-refractivity contribution is -0.0189. The summed E-state index contributed by atoms with van der Waals surface area (Å²) in [6, 6.07) is 8.38. The Hall–Kier alpha value is -1.59. The van der Waals surface area contributed by atoms with Gasteiger partial charge in [0.05, 0.1) is 13.2 Å². The lowest BCUT2D eigenvalue weighted by atomic mass is 10.1. The van der Waals surface area contributed by atoms with E-state index in [1.54, 1.807) is 0 Å². The van der Waals surface area contributed by atoms with Gasteiger partial charge in [-0.2, -0.15) is 0 Å². The van der Waals surface area contributed by atoms with Crippen LogP contribution in [0.1, 0.15) is 5.56 Å². The van der Waals surface area contributed by atoms with Gasteiger partial charge >= 0.3 is 6.03 Å². The molecule has 0 saturated carbocycles. The van der Waals surface area contributed by atoms with Gasteiger partial charge in [0.1, 0.15) is 0 Å².